The second kappa shape index (κ2) is 5.14. The zero-order valence-corrected chi connectivity index (χ0v) is 7.64. The Morgan fingerprint density at radius 1 is 1.38 bits per heavy atom. The van der Waals surface area contributed by atoms with Gasteiger partial charge in [0.2, 0.25) is 0 Å². The molecule has 1 aromatic rings. The molecule has 0 fully saturated rings. The van der Waals surface area contributed by atoms with E-state index in [1.807, 2.05) is 37.3 Å². The fourth-order valence-corrected chi connectivity index (χ4v) is 1.01. The lowest BCUT2D eigenvalue weighted by Crippen LogP contribution is -1.87. The molecular formula is C11H13NO. The standard InChI is InChI=1S/C11H13NO/c1-2-12-9-11(13)8-10-6-4-3-5-7-10/h2-7,9,13H,8H2,1H3/b11-9-,12-2?. The Morgan fingerprint density at radius 3 is 2.69 bits per heavy atom. The van der Waals surface area contributed by atoms with E-state index in [-0.39, 0.29) is 5.76 Å². The van der Waals surface area contributed by atoms with Gasteiger partial charge in [-0.15, -0.1) is 0 Å². The first-order valence-corrected chi connectivity index (χ1v) is 4.22. The van der Waals surface area contributed by atoms with Gasteiger partial charge in [-0.3, -0.25) is 4.99 Å². The van der Waals surface area contributed by atoms with E-state index in [1.165, 1.54) is 6.20 Å². The molecule has 0 bridgehead atoms. The van der Waals surface area contributed by atoms with Crippen molar-refractivity contribution < 1.29 is 5.11 Å². The molecular weight excluding hydrogens is 162 g/mol. The maximum absolute atomic E-state index is 9.38. The average molecular weight is 175 g/mol. The van der Waals surface area contributed by atoms with E-state index in [2.05, 4.69) is 4.99 Å². The van der Waals surface area contributed by atoms with E-state index in [1.54, 1.807) is 6.21 Å². The molecule has 0 aromatic heterocycles. The molecule has 0 saturated carbocycles. The van der Waals surface area contributed by atoms with Gasteiger partial charge < -0.3 is 5.11 Å². The van der Waals surface area contributed by atoms with Crippen LogP contribution in [0.4, 0.5) is 0 Å². The third-order valence-corrected chi connectivity index (χ3v) is 1.60. The highest BCUT2D eigenvalue weighted by molar-refractivity contribution is 5.54. The van der Waals surface area contributed by atoms with Gasteiger partial charge in [0.25, 0.3) is 0 Å². The van der Waals surface area contributed by atoms with Gasteiger partial charge in [0.1, 0.15) is 5.76 Å². The number of benzene rings is 1. The fourth-order valence-electron chi connectivity index (χ4n) is 1.01. The maximum Gasteiger partial charge on any atom is 0.115 e. The first-order chi connectivity index (χ1) is 6.33. The molecule has 0 aliphatic heterocycles. The zero-order chi connectivity index (χ0) is 9.52. The van der Waals surface area contributed by atoms with Crippen molar-refractivity contribution in [2.75, 3.05) is 0 Å². The molecule has 0 heterocycles. The molecule has 0 aliphatic rings. The molecule has 2 nitrogen and oxygen atoms in total. The van der Waals surface area contributed by atoms with Crippen molar-refractivity contribution in [3.63, 3.8) is 0 Å². The predicted octanol–water partition coefficient (Wildman–Crippen LogP) is 2.72. The molecule has 0 radical (unpaired) electrons. The average Bonchev–Trinajstić information content (AvgIpc) is 2.16. The highest BCUT2D eigenvalue weighted by atomic mass is 16.3. The first-order valence-electron chi connectivity index (χ1n) is 4.22. The smallest absolute Gasteiger partial charge is 0.115 e. The van der Waals surface area contributed by atoms with Gasteiger partial charge in [0, 0.05) is 12.6 Å². The molecule has 1 aromatic carbocycles. The first kappa shape index (κ1) is 9.52. The second-order valence-electron chi connectivity index (χ2n) is 2.69. The van der Waals surface area contributed by atoms with Crippen LogP contribution in [0, 0.1) is 0 Å². The van der Waals surface area contributed by atoms with Crippen LogP contribution in [0.15, 0.2) is 47.3 Å². The quantitative estimate of drug-likeness (QED) is 0.556. The summed E-state index contributed by atoms with van der Waals surface area (Å²) in [5.74, 6) is 0.282. The summed E-state index contributed by atoms with van der Waals surface area (Å²) in [4.78, 5) is 3.83. The third-order valence-electron chi connectivity index (χ3n) is 1.60. The monoisotopic (exact) mass is 175 g/mol. The molecule has 2 heteroatoms. The Bertz CT molecular complexity index is 301. The number of hydrogen-bond donors (Lipinski definition) is 1. The fraction of sp³-hybridized carbons (Fsp3) is 0.182. The maximum atomic E-state index is 9.38. The minimum atomic E-state index is 0.282. The summed E-state index contributed by atoms with van der Waals surface area (Å²) in [6.07, 6.45) is 3.65. The molecule has 68 valence electrons. The van der Waals surface area contributed by atoms with Crippen LogP contribution < -0.4 is 0 Å². The minimum absolute atomic E-state index is 0.282. The highest BCUT2D eigenvalue weighted by Gasteiger charge is 1.94. The van der Waals surface area contributed by atoms with Gasteiger partial charge in [-0.25, -0.2) is 0 Å². The van der Waals surface area contributed by atoms with Crippen molar-refractivity contribution in [3.05, 3.63) is 47.9 Å². The molecule has 1 rings (SSSR count). The number of aliphatic imine (C=N–C) groups is 1. The van der Waals surface area contributed by atoms with E-state index in [4.69, 9.17) is 0 Å². The number of aliphatic hydroxyl groups excluding tert-OH is 1. The Hall–Kier alpha value is -1.57. The molecule has 0 amide bonds. The summed E-state index contributed by atoms with van der Waals surface area (Å²) < 4.78 is 0. The zero-order valence-electron chi connectivity index (χ0n) is 7.64. The van der Waals surface area contributed by atoms with E-state index in [0.29, 0.717) is 6.42 Å². The topological polar surface area (TPSA) is 32.6 Å². The van der Waals surface area contributed by atoms with Crippen molar-refractivity contribution in [1.82, 2.24) is 0 Å². The van der Waals surface area contributed by atoms with E-state index >= 15 is 0 Å². The Kier molecular flexibility index (Phi) is 3.76. The van der Waals surface area contributed by atoms with E-state index in [0.717, 1.165) is 5.56 Å². The molecule has 0 spiro atoms. The van der Waals surface area contributed by atoms with Crippen LogP contribution in [0.1, 0.15) is 12.5 Å². The number of allylic oxidation sites excluding steroid dienone is 1. The van der Waals surface area contributed by atoms with E-state index < -0.39 is 0 Å². The lowest BCUT2D eigenvalue weighted by atomic mass is 10.1. The molecule has 0 aliphatic carbocycles. The van der Waals surface area contributed by atoms with Gasteiger partial charge in [-0.1, -0.05) is 30.3 Å². The van der Waals surface area contributed by atoms with Crippen molar-refractivity contribution in [2.24, 2.45) is 4.99 Å². The third kappa shape index (κ3) is 3.56. The summed E-state index contributed by atoms with van der Waals surface area (Å²) in [6.45, 7) is 1.81. The Balaban J connectivity index is 2.60. The predicted molar refractivity (Wildman–Crippen MR) is 55.0 cm³/mol. The Labute approximate surface area is 78.3 Å². The van der Waals surface area contributed by atoms with Crippen LogP contribution in [0.3, 0.4) is 0 Å². The van der Waals surface area contributed by atoms with Crippen molar-refractivity contribution >= 4 is 6.21 Å². The molecule has 0 unspecified atom stereocenters. The molecule has 0 saturated heterocycles. The van der Waals surface area contributed by atoms with Gasteiger partial charge in [-0.05, 0) is 12.5 Å². The summed E-state index contributed by atoms with van der Waals surface area (Å²) in [5.41, 5.74) is 1.09. The summed E-state index contributed by atoms with van der Waals surface area (Å²) in [5, 5.41) is 9.38. The van der Waals surface area contributed by atoms with Crippen molar-refractivity contribution in [1.29, 1.82) is 0 Å². The van der Waals surface area contributed by atoms with Crippen LogP contribution in [0.5, 0.6) is 0 Å². The largest absolute Gasteiger partial charge is 0.510 e. The van der Waals surface area contributed by atoms with E-state index in [9.17, 15) is 5.11 Å². The lowest BCUT2D eigenvalue weighted by Gasteiger charge is -1.98. The van der Waals surface area contributed by atoms with Gasteiger partial charge in [0.05, 0.1) is 6.20 Å². The number of hydrogen-bond acceptors (Lipinski definition) is 2. The van der Waals surface area contributed by atoms with Crippen LogP contribution >= 0.6 is 0 Å². The highest BCUT2D eigenvalue weighted by Crippen LogP contribution is 2.04. The van der Waals surface area contributed by atoms with Gasteiger partial charge >= 0.3 is 0 Å². The number of rotatable bonds is 3. The minimum Gasteiger partial charge on any atom is -0.510 e. The van der Waals surface area contributed by atoms with Gasteiger partial charge in [-0.2, -0.15) is 0 Å². The summed E-state index contributed by atoms with van der Waals surface area (Å²) >= 11 is 0. The van der Waals surface area contributed by atoms with Crippen LogP contribution in [-0.2, 0) is 6.42 Å². The van der Waals surface area contributed by atoms with Crippen LogP contribution in [0.25, 0.3) is 0 Å². The lowest BCUT2D eigenvalue weighted by molar-refractivity contribution is 0.397. The van der Waals surface area contributed by atoms with Crippen molar-refractivity contribution in [2.45, 2.75) is 13.3 Å². The van der Waals surface area contributed by atoms with Crippen LogP contribution in [-0.4, -0.2) is 11.3 Å². The normalized spacial score (nSPS) is 12.2. The number of nitrogens with zero attached hydrogens (tertiary/aromatic N) is 1. The second-order valence-corrected chi connectivity index (χ2v) is 2.69. The Morgan fingerprint density at radius 2 is 2.08 bits per heavy atom. The van der Waals surface area contributed by atoms with Crippen LogP contribution in [0.2, 0.25) is 0 Å². The summed E-state index contributed by atoms with van der Waals surface area (Å²) in [7, 11) is 0. The SMILES string of the molecule is CC=N/C=C(\O)Cc1ccccc1. The summed E-state index contributed by atoms with van der Waals surface area (Å²) in [6, 6.07) is 9.80. The number of aliphatic hydroxyl groups is 1. The molecule has 13 heavy (non-hydrogen) atoms. The van der Waals surface area contributed by atoms with Gasteiger partial charge in [0.15, 0.2) is 0 Å². The van der Waals surface area contributed by atoms with Crippen molar-refractivity contribution in [3.8, 4) is 0 Å². The molecule has 0 atom stereocenters. The molecule has 1 N–H and O–H groups in total.